The third-order valence-electron chi connectivity index (χ3n) is 3.94. The number of benzene rings is 2. The molecule has 0 spiro atoms. The van der Waals surface area contributed by atoms with Crippen molar-refractivity contribution in [2.24, 2.45) is 0 Å². The molecular weight excluding hydrogens is 364 g/mol. The van der Waals surface area contributed by atoms with Crippen LogP contribution in [-0.4, -0.2) is 32.1 Å². The van der Waals surface area contributed by atoms with Gasteiger partial charge in [-0.25, -0.2) is 4.79 Å². The first-order chi connectivity index (χ1) is 13.3. The summed E-state index contributed by atoms with van der Waals surface area (Å²) in [5.74, 6) is -1.32. The molecule has 0 aliphatic heterocycles. The third-order valence-corrected chi connectivity index (χ3v) is 3.94. The van der Waals surface area contributed by atoms with Crippen LogP contribution in [0.3, 0.4) is 0 Å². The van der Waals surface area contributed by atoms with E-state index in [-0.39, 0.29) is 17.1 Å². The number of ether oxygens (including phenoxy) is 4. The first kappa shape index (κ1) is 21.0. The summed E-state index contributed by atoms with van der Waals surface area (Å²) in [6, 6.07) is 10.7. The SMILES string of the molecule is COC(=O)c1c(CCc2ccc(OC)cc2)ccc(OC(C)=O)c1OC(C)=O. The van der Waals surface area contributed by atoms with E-state index >= 15 is 0 Å². The van der Waals surface area contributed by atoms with Crippen molar-refractivity contribution in [2.45, 2.75) is 26.7 Å². The van der Waals surface area contributed by atoms with Gasteiger partial charge in [0.05, 0.1) is 14.2 Å². The number of rotatable bonds is 7. The average Bonchev–Trinajstić information content (AvgIpc) is 2.67. The zero-order valence-electron chi connectivity index (χ0n) is 16.2. The Hall–Kier alpha value is -3.35. The predicted molar refractivity (Wildman–Crippen MR) is 101 cm³/mol. The molecule has 148 valence electrons. The van der Waals surface area contributed by atoms with Gasteiger partial charge in [0.2, 0.25) is 0 Å². The van der Waals surface area contributed by atoms with Crippen LogP contribution in [-0.2, 0) is 27.2 Å². The van der Waals surface area contributed by atoms with Crippen LogP contribution in [0.5, 0.6) is 17.2 Å². The van der Waals surface area contributed by atoms with Crippen LogP contribution in [0.1, 0.15) is 35.3 Å². The Morgan fingerprint density at radius 3 is 2.00 bits per heavy atom. The van der Waals surface area contributed by atoms with Gasteiger partial charge in [-0.3, -0.25) is 9.59 Å². The molecule has 0 aromatic heterocycles. The fourth-order valence-electron chi connectivity index (χ4n) is 2.69. The van der Waals surface area contributed by atoms with E-state index in [9.17, 15) is 14.4 Å². The summed E-state index contributed by atoms with van der Waals surface area (Å²) < 4.78 is 20.3. The standard InChI is InChI=1S/C21H22O7/c1-13(22)27-18-12-9-16(8-5-15-6-10-17(25-3)11-7-15)19(21(24)26-4)20(18)28-14(2)23/h6-7,9-12H,5,8H2,1-4H3. The zero-order chi connectivity index (χ0) is 20.7. The first-order valence-corrected chi connectivity index (χ1v) is 8.59. The number of hydrogen-bond acceptors (Lipinski definition) is 7. The number of methoxy groups -OCH3 is 2. The Morgan fingerprint density at radius 2 is 1.46 bits per heavy atom. The van der Waals surface area contributed by atoms with Gasteiger partial charge in [0.1, 0.15) is 11.3 Å². The van der Waals surface area contributed by atoms with Gasteiger partial charge in [-0.2, -0.15) is 0 Å². The van der Waals surface area contributed by atoms with Crippen LogP contribution < -0.4 is 14.2 Å². The molecule has 0 amide bonds. The Balaban J connectivity index is 2.41. The minimum absolute atomic E-state index is 0.0173. The van der Waals surface area contributed by atoms with Gasteiger partial charge < -0.3 is 18.9 Å². The van der Waals surface area contributed by atoms with E-state index in [2.05, 4.69) is 0 Å². The summed E-state index contributed by atoms with van der Waals surface area (Å²) in [6.07, 6.45) is 1.10. The van der Waals surface area contributed by atoms with Gasteiger partial charge in [0, 0.05) is 13.8 Å². The van der Waals surface area contributed by atoms with Crippen LogP contribution in [0, 0.1) is 0 Å². The number of carbonyl (C=O) groups excluding carboxylic acids is 3. The first-order valence-electron chi connectivity index (χ1n) is 8.59. The van der Waals surface area contributed by atoms with E-state index in [4.69, 9.17) is 18.9 Å². The maximum atomic E-state index is 12.4. The van der Waals surface area contributed by atoms with Crippen molar-refractivity contribution in [1.82, 2.24) is 0 Å². The fourth-order valence-corrected chi connectivity index (χ4v) is 2.69. The molecule has 7 heteroatoms. The summed E-state index contributed by atoms with van der Waals surface area (Å²) in [5.41, 5.74) is 1.70. The third kappa shape index (κ3) is 5.33. The van der Waals surface area contributed by atoms with Gasteiger partial charge >= 0.3 is 17.9 Å². The van der Waals surface area contributed by atoms with E-state index in [1.54, 1.807) is 13.2 Å². The molecule has 0 saturated heterocycles. The largest absolute Gasteiger partial charge is 0.497 e. The molecule has 0 aliphatic rings. The zero-order valence-corrected chi connectivity index (χ0v) is 16.2. The number of aryl methyl sites for hydroxylation is 2. The molecule has 0 atom stereocenters. The highest BCUT2D eigenvalue weighted by Crippen LogP contribution is 2.35. The molecule has 7 nitrogen and oxygen atoms in total. The Morgan fingerprint density at radius 1 is 0.821 bits per heavy atom. The van der Waals surface area contributed by atoms with Crippen molar-refractivity contribution in [1.29, 1.82) is 0 Å². The molecule has 0 N–H and O–H groups in total. The lowest BCUT2D eigenvalue weighted by Crippen LogP contribution is -2.15. The summed E-state index contributed by atoms with van der Waals surface area (Å²) in [4.78, 5) is 35.3. The summed E-state index contributed by atoms with van der Waals surface area (Å²) in [6.45, 7) is 2.41. The van der Waals surface area contributed by atoms with Crippen LogP contribution in [0.4, 0.5) is 0 Å². The second-order valence-electron chi connectivity index (χ2n) is 5.95. The molecule has 0 fully saturated rings. The summed E-state index contributed by atoms with van der Waals surface area (Å²) in [7, 11) is 2.82. The normalized spacial score (nSPS) is 10.1. The van der Waals surface area contributed by atoms with Crippen LogP contribution in [0.25, 0.3) is 0 Å². The molecule has 28 heavy (non-hydrogen) atoms. The monoisotopic (exact) mass is 386 g/mol. The van der Waals surface area contributed by atoms with Crippen LogP contribution in [0.2, 0.25) is 0 Å². The molecule has 0 unspecified atom stereocenters. The van der Waals surface area contributed by atoms with E-state index in [0.29, 0.717) is 18.4 Å². The topological polar surface area (TPSA) is 88.1 Å². The van der Waals surface area contributed by atoms with E-state index in [0.717, 1.165) is 11.3 Å². The highest BCUT2D eigenvalue weighted by molar-refractivity contribution is 5.96. The molecule has 2 aromatic rings. The van der Waals surface area contributed by atoms with Crippen molar-refractivity contribution in [3.8, 4) is 17.2 Å². The van der Waals surface area contributed by atoms with Crippen molar-refractivity contribution < 1.29 is 33.3 Å². The second kappa shape index (κ2) is 9.55. The number of hydrogen-bond donors (Lipinski definition) is 0. The molecule has 0 radical (unpaired) electrons. The molecule has 2 rings (SSSR count). The summed E-state index contributed by atoms with van der Waals surface area (Å²) in [5, 5.41) is 0. The van der Waals surface area contributed by atoms with Gasteiger partial charge in [-0.15, -0.1) is 0 Å². The molecular formula is C21H22O7. The summed E-state index contributed by atoms with van der Waals surface area (Å²) >= 11 is 0. The quantitative estimate of drug-likeness (QED) is 0.534. The molecule has 2 aromatic carbocycles. The van der Waals surface area contributed by atoms with Gasteiger partial charge in [-0.1, -0.05) is 18.2 Å². The molecule has 0 heterocycles. The lowest BCUT2D eigenvalue weighted by molar-refractivity contribution is -0.134. The van der Waals surface area contributed by atoms with Gasteiger partial charge in [0.15, 0.2) is 11.5 Å². The maximum absolute atomic E-state index is 12.4. The minimum atomic E-state index is -0.685. The van der Waals surface area contributed by atoms with E-state index in [1.807, 2.05) is 24.3 Å². The second-order valence-corrected chi connectivity index (χ2v) is 5.95. The molecule has 0 saturated carbocycles. The van der Waals surface area contributed by atoms with E-state index < -0.39 is 17.9 Å². The van der Waals surface area contributed by atoms with Crippen molar-refractivity contribution in [3.05, 3.63) is 53.1 Å². The lowest BCUT2D eigenvalue weighted by Gasteiger charge is -2.16. The maximum Gasteiger partial charge on any atom is 0.342 e. The van der Waals surface area contributed by atoms with Crippen molar-refractivity contribution in [3.63, 3.8) is 0 Å². The van der Waals surface area contributed by atoms with Crippen molar-refractivity contribution in [2.75, 3.05) is 14.2 Å². The smallest absolute Gasteiger partial charge is 0.342 e. The Bertz CT molecular complexity index is 869. The molecule has 0 bridgehead atoms. The predicted octanol–water partition coefficient (Wildman–Crippen LogP) is 3.12. The fraction of sp³-hybridized carbons (Fsp3) is 0.286. The van der Waals surface area contributed by atoms with E-state index in [1.165, 1.54) is 27.0 Å². The Labute approximate surface area is 163 Å². The van der Waals surface area contributed by atoms with Crippen LogP contribution >= 0.6 is 0 Å². The van der Waals surface area contributed by atoms with Crippen LogP contribution in [0.15, 0.2) is 36.4 Å². The highest BCUT2D eigenvalue weighted by atomic mass is 16.6. The van der Waals surface area contributed by atoms with Gasteiger partial charge in [-0.05, 0) is 42.2 Å². The number of esters is 3. The Kier molecular flexibility index (Phi) is 7.14. The van der Waals surface area contributed by atoms with Crippen molar-refractivity contribution >= 4 is 17.9 Å². The minimum Gasteiger partial charge on any atom is -0.497 e. The van der Waals surface area contributed by atoms with Gasteiger partial charge in [0.25, 0.3) is 0 Å². The average molecular weight is 386 g/mol. The molecule has 0 aliphatic carbocycles. The highest BCUT2D eigenvalue weighted by Gasteiger charge is 2.25. The number of carbonyl (C=O) groups is 3. The lowest BCUT2D eigenvalue weighted by atomic mass is 9.98.